The van der Waals surface area contributed by atoms with Crippen molar-refractivity contribution in [3.05, 3.63) is 48.6 Å². The summed E-state index contributed by atoms with van der Waals surface area (Å²) in [6.45, 7) is 11.5. The maximum absolute atomic E-state index is 3.88. The number of hydrogen-bond donors (Lipinski definition) is 1. The molecular weight excluding hydrogens is 220 g/mol. The van der Waals surface area contributed by atoms with Gasteiger partial charge in [-0.25, -0.2) is 0 Å². The van der Waals surface area contributed by atoms with Crippen LogP contribution in [-0.4, -0.2) is 36.1 Å². The molecular formula is C16H24N2. The molecule has 1 aliphatic rings. The van der Waals surface area contributed by atoms with Crippen LogP contribution in [0.25, 0.3) is 0 Å². The summed E-state index contributed by atoms with van der Waals surface area (Å²) in [6, 6.07) is 11.3. The molecule has 18 heavy (non-hydrogen) atoms. The molecule has 1 heterocycles. The van der Waals surface area contributed by atoms with E-state index < -0.39 is 0 Å². The minimum Gasteiger partial charge on any atom is -0.309 e. The van der Waals surface area contributed by atoms with Gasteiger partial charge in [-0.1, -0.05) is 36.4 Å². The van der Waals surface area contributed by atoms with Crippen LogP contribution in [0.3, 0.4) is 0 Å². The zero-order valence-corrected chi connectivity index (χ0v) is 11.5. The first-order valence-electron chi connectivity index (χ1n) is 6.74. The summed E-state index contributed by atoms with van der Waals surface area (Å²) in [6.07, 6.45) is 3.12. The van der Waals surface area contributed by atoms with Gasteiger partial charge in [0.1, 0.15) is 0 Å². The normalized spacial score (nSPS) is 23.8. The summed E-state index contributed by atoms with van der Waals surface area (Å²) in [5.74, 6) is 0. The molecule has 0 saturated carbocycles. The summed E-state index contributed by atoms with van der Waals surface area (Å²) >= 11 is 0. The van der Waals surface area contributed by atoms with Crippen LogP contribution in [0.1, 0.15) is 19.4 Å². The number of hydrogen-bond acceptors (Lipinski definition) is 2. The lowest BCUT2D eigenvalue weighted by Crippen LogP contribution is -2.62. The zero-order valence-electron chi connectivity index (χ0n) is 11.5. The Hall–Kier alpha value is -1.12. The molecule has 1 atom stereocenters. The Bertz CT molecular complexity index is 383. The number of piperazine rings is 1. The van der Waals surface area contributed by atoms with E-state index in [1.807, 2.05) is 6.08 Å². The van der Waals surface area contributed by atoms with Crippen LogP contribution in [0.4, 0.5) is 0 Å². The molecule has 1 saturated heterocycles. The van der Waals surface area contributed by atoms with Crippen molar-refractivity contribution in [2.24, 2.45) is 0 Å². The maximum atomic E-state index is 3.88. The third-order valence-corrected chi connectivity index (χ3v) is 3.61. The molecule has 0 spiro atoms. The quantitative estimate of drug-likeness (QED) is 0.819. The van der Waals surface area contributed by atoms with E-state index >= 15 is 0 Å². The van der Waals surface area contributed by atoms with E-state index in [4.69, 9.17) is 0 Å². The van der Waals surface area contributed by atoms with Gasteiger partial charge in [-0.2, -0.15) is 0 Å². The van der Waals surface area contributed by atoms with E-state index in [2.05, 4.69) is 61.0 Å². The second-order valence-corrected chi connectivity index (χ2v) is 5.83. The van der Waals surface area contributed by atoms with Crippen LogP contribution in [0.15, 0.2) is 43.0 Å². The smallest absolute Gasteiger partial charge is 0.0265 e. The number of nitrogens with zero attached hydrogens (tertiary/aromatic N) is 1. The molecule has 1 aromatic rings. The first-order valence-corrected chi connectivity index (χ1v) is 6.74. The van der Waals surface area contributed by atoms with E-state index in [1.165, 1.54) is 5.56 Å². The minimum atomic E-state index is 0.205. The van der Waals surface area contributed by atoms with Gasteiger partial charge >= 0.3 is 0 Å². The predicted octanol–water partition coefficient (Wildman–Crippen LogP) is 2.47. The van der Waals surface area contributed by atoms with Crippen LogP contribution in [0.2, 0.25) is 0 Å². The van der Waals surface area contributed by atoms with Crippen molar-refractivity contribution >= 4 is 0 Å². The lowest BCUT2D eigenvalue weighted by atomic mass is 9.95. The van der Waals surface area contributed by atoms with Gasteiger partial charge in [0.25, 0.3) is 0 Å². The van der Waals surface area contributed by atoms with Gasteiger partial charge in [-0.05, 0) is 25.8 Å². The molecule has 2 heteroatoms. The fourth-order valence-corrected chi connectivity index (χ4v) is 2.68. The molecule has 0 aromatic heterocycles. The Balaban J connectivity index is 2.04. The number of benzene rings is 1. The fraction of sp³-hybridized carbons (Fsp3) is 0.500. The molecule has 1 N–H and O–H groups in total. The Morgan fingerprint density at radius 2 is 2.11 bits per heavy atom. The van der Waals surface area contributed by atoms with Gasteiger partial charge in [0.2, 0.25) is 0 Å². The van der Waals surface area contributed by atoms with Crippen molar-refractivity contribution < 1.29 is 0 Å². The highest BCUT2D eigenvalue weighted by atomic mass is 15.2. The standard InChI is InChI=1S/C16H24N2/c1-4-10-18-13-16(2,3)17-12-15(18)11-14-8-6-5-7-9-14/h4-9,15,17H,1,10-13H2,2-3H3. The van der Waals surface area contributed by atoms with E-state index in [0.29, 0.717) is 6.04 Å². The highest BCUT2D eigenvalue weighted by Crippen LogP contribution is 2.18. The molecule has 98 valence electrons. The third kappa shape index (κ3) is 3.44. The largest absolute Gasteiger partial charge is 0.309 e. The molecule has 1 fully saturated rings. The highest BCUT2D eigenvalue weighted by Gasteiger charge is 2.31. The van der Waals surface area contributed by atoms with E-state index in [0.717, 1.165) is 26.1 Å². The zero-order chi connectivity index (χ0) is 13.0. The molecule has 1 aliphatic heterocycles. The topological polar surface area (TPSA) is 15.3 Å². The molecule has 0 bridgehead atoms. The Kier molecular flexibility index (Phi) is 4.20. The molecule has 0 radical (unpaired) electrons. The molecule has 2 rings (SSSR count). The summed E-state index contributed by atoms with van der Waals surface area (Å²) in [4.78, 5) is 2.54. The van der Waals surface area contributed by atoms with Crippen LogP contribution >= 0.6 is 0 Å². The summed E-state index contributed by atoms with van der Waals surface area (Å²) < 4.78 is 0. The van der Waals surface area contributed by atoms with E-state index in [9.17, 15) is 0 Å². The first kappa shape index (κ1) is 13.3. The average molecular weight is 244 g/mol. The summed E-state index contributed by atoms with van der Waals surface area (Å²) in [7, 11) is 0. The average Bonchev–Trinajstić information content (AvgIpc) is 2.34. The Labute approximate surface area is 111 Å². The molecule has 0 amide bonds. The molecule has 0 aliphatic carbocycles. The van der Waals surface area contributed by atoms with Crippen LogP contribution in [-0.2, 0) is 6.42 Å². The van der Waals surface area contributed by atoms with Gasteiger partial charge in [-0.3, -0.25) is 4.90 Å². The van der Waals surface area contributed by atoms with Gasteiger partial charge in [0.05, 0.1) is 0 Å². The summed E-state index contributed by atoms with van der Waals surface area (Å²) in [5, 5.41) is 3.64. The SMILES string of the molecule is C=CCN1CC(C)(C)NCC1Cc1ccccc1. The van der Waals surface area contributed by atoms with Crippen LogP contribution in [0, 0.1) is 0 Å². The van der Waals surface area contributed by atoms with Crippen molar-refractivity contribution in [3.63, 3.8) is 0 Å². The lowest BCUT2D eigenvalue weighted by molar-refractivity contribution is 0.107. The second kappa shape index (κ2) is 5.68. The van der Waals surface area contributed by atoms with Crippen LogP contribution in [0.5, 0.6) is 0 Å². The van der Waals surface area contributed by atoms with Gasteiger partial charge in [-0.15, -0.1) is 6.58 Å². The highest BCUT2D eigenvalue weighted by molar-refractivity contribution is 5.16. The lowest BCUT2D eigenvalue weighted by Gasteiger charge is -2.44. The monoisotopic (exact) mass is 244 g/mol. The van der Waals surface area contributed by atoms with Crippen LogP contribution < -0.4 is 5.32 Å². The fourth-order valence-electron chi connectivity index (χ4n) is 2.68. The van der Waals surface area contributed by atoms with Crippen molar-refractivity contribution in [2.45, 2.75) is 31.8 Å². The predicted molar refractivity (Wildman–Crippen MR) is 77.8 cm³/mol. The van der Waals surface area contributed by atoms with Crippen molar-refractivity contribution in [1.29, 1.82) is 0 Å². The molecule has 1 unspecified atom stereocenters. The van der Waals surface area contributed by atoms with Gasteiger partial charge in [0.15, 0.2) is 0 Å². The summed E-state index contributed by atoms with van der Waals surface area (Å²) in [5.41, 5.74) is 1.62. The first-order chi connectivity index (χ1) is 8.61. The number of rotatable bonds is 4. The maximum Gasteiger partial charge on any atom is 0.0265 e. The minimum absolute atomic E-state index is 0.205. The third-order valence-electron chi connectivity index (χ3n) is 3.61. The van der Waals surface area contributed by atoms with Gasteiger partial charge < -0.3 is 5.32 Å². The Morgan fingerprint density at radius 1 is 1.39 bits per heavy atom. The second-order valence-electron chi connectivity index (χ2n) is 5.83. The van der Waals surface area contributed by atoms with E-state index in [-0.39, 0.29) is 5.54 Å². The van der Waals surface area contributed by atoms with E-state index in [1.54, 1.807) is 0 Å². The van der Waals surface area contributed by atoms with Crippen molar-refractivity contribution in [1.82, 2.24) is 10.2 Å². The van der Waals surface area contributed by atoms with Gasteiger partial charge in [0, 0.05) is 31.2 Å². The Morgan fingerprint density at radius 3 is 2.78 bits per heavy atom. The molecule has 1 aromatic carbocycles. The van der Waals surface area contributed by atoms with Crippen molar-refractivity contribution in [3.8, 4) is 0 Å². The van der Waals surface area contributed by atoms with Crippen molar-refractivity contribution in [2.75, 3.05) is 19.6 Å². The molecule has 2 nitrogen and oxygen atoms in total. The number of nitrogens with one attached hydrogen (secondary N) is 1.